The first-order valence-corrected chi connectivity index (χ1v) is 7.33. The molecule has 20 heavy (non-hydrogen) atoms. The molecule has 0 aliphatic carbocycles. The molecule has 7 heteroatoms. The van der Waals surface area contributed by atoms with E-state index in [1.165, 1.54) is 18.8 Å². The van der Waals surface area contributed by atoms with Crippen LogP contribution in [0.4, 0.5) is 0 Å². The Morgan fingerprint density at radius 3 is 2.65 bits per heavy atom. The summed E-state index contributed by atoms with van der Waals surface area (Å²) in [5.41, 5.74) is 4.50. The fraction of sp³-hybridized carbons (Fsp3) is 0.385. The van der Waals surface area contributed by atoms with Gasteiger partial charge in [0, 0.05) is 6.54 Å². The molecule has 0 amide bonds. The topological polar surface area (TPSA) is 90.4 Å². The number of ether oxygens (including phenoxy) is 1. The molecule has 3 N–H and O–H groups in total. The molecule has 1 aromatic rings. The molecular weight excluding hydrogens is 278 g/mol. The van der Waals surface area contributed by atoms with Gasteiger partial charge in [0.2, 0.25) is 0 Å². The largest absolute Gasteiger partial charge is 0.494 e. The summed E-state index contributed by atoms with van der Waals surface area (Å²) in [5, 5.41) is 13.8. The summed E-state index contributed by atoms with van der Waals surface area (Å²) in [6, 6.07) is 9.56. The number of nitrogens with one attached hydrogen (secondary N) is 1. The Morgan fingerprint density at radius 2 is 2.10 bits per heavy atom. The van der Waals surface area contributed by atoms with Crippen molar-refractivity contribution in [3.8, 4) is 5.75 Å². The maximum atomic E-state index is 10.3. The summed E-state index contributed by atoms with van der Waals surface area (Å²) in [7, 11) is 1.50. The monoisotopic (exact) mass is 299 g/mol. The average molecular weight is 299 g/mol. The highest BCUT2D eigenvalue weighted by Crippen LogP contribution is 2.09. The van der Waals surface area contributed by atoms with Crippen LogP contribution in [0.2, 0.25) is 0 Å². The van der Waals surface area contributed by atoms with Gasteiger partial charge in [-0.3, -0.25) is 10.1 Å². The molecular formula is C13H21N3O3S. The smallest absolute Gasteiger partial charge is 0.263 e. The van der Waals surface area contributed by atoms with Crippen molar-refractivity contribution in [2.45, 2.75) is 6.42 Å². The first-order valence-electron chi connectivity index (χ1n) is 6.11. The molecule has 0 heterocycles. The fourth-order valence-corrected chi connectivity index (χ4v) is 1.69. The van der Waals surface area contributed by atoms with Crippen molar-refractivity contribution in [3.63, 3.8) is 0 Å². The molecule has 0 bridgehead atoms. The Bertz CT molecular complexity index is 399. The van der Waals surface area contributed by atoms with Crippen molar-refractivity contribution in [3.05, 3.63) is 51.7 Å². The van der Waals surface area contributed by atoms with Gasteiger partial charge in [-0.1, -0.05) is 18.2 Å². The lowest BCUT2D eigenvalue weighted by Crippen LogP contribution is -2.16. The first-order chi connectivity index (χ1) is 9.72. The second-order valence-corrected chi connectivity index (χ2v) is 4.27. The summed E-state index contributed by atoms with van der Waals surface area (Å²) >= 11 is 1.32. The molecule has 0 radical (unpaired) electrons. The van der Waals surface area contributed by atoms with Crippen LogP contribution in [0.5, 0.6) is 5.75 Å². The van der Waals surface area contributed by atoms with E-state index in [-0.39, 0.29) is 0 Å². The van der Waals surface area contributed by atoms with E-state index in [1.54, 1.807) is 6.26 Å². The van der Waals surface area contributed by atoms with Gasteiger partial charge in [-0.05, 0) is 31.9 Å². The van der Waals surface area contributed by atoms with Crippen LogP contribution in [0.1, 0.15) is 6.42 Å². The number of rotatable bonds is 8. The Balaban J connectivity index is 0.00000172. The number of thioether (sulfide) groups is 1. The van der Waals surface area contributed by atoms with Crippen LogP contribution in [-0.4, -0.2) is 31.4 Å². The molecule has 0 fully saturated rings. The van der Waals surface area contributed by atoms with Crippen LogP contribution < -0.4 is 15.8 Å². The molecule has 0 saturated heterocycles. The summed E-state index contributed by atoms with van der Waals surface area (Å²) < 4.78 is 5.50. The molecule has 0 atom stereocenters. The van der Waals surface area contributed by atoms with Gasteiger partial charge in [0.1, 0.15) is 10.8 Å². The van der Waals surface area contributed by atoms with Crippen molar-refractivity contribution >= 4 is 11.8 Å². The normalized spacial score (nSPS) is 10.2. The van der Waals surface area contributed by atoms with E-state index in [0.29, 0.717) is 18.2 Å². The third-order valence-electron chi connectivity index (χ3n) is 2.07. The number of hydrogen-bond acceptors (Lipinski definition) is 6. The maximum Gasteiger partial charge on any atom is 0.263 e. The van der Waals surface area contributed by atoms with Crippen molar-refractivity contribution < 1.29 is 9.66 Å². The van der Waals surface area contributed by atoms with E-state index in [2.05, 4.69) is 11.1 Å². The van der Waals surface area contributed by atoms with E-state index < -0.39 is 4.92 Å². The molecule has 0 saturated carbocycles. The first kappa shape index (κ1) is 18.3. The molecule has 0 spiro atoms. The van der Waals surface area contributed by atoms with Gasteiger partial charge < -0.3 is 15.8 Å². The maximum absolute atomic E-state index is 10.3. The van der Waals surface area contributed by atoms with Crippen LogP contribution in [0.25, 0.3) is 0 Å². The SMILES string of the molecule is CN.CS/C(=C\[N+](=O)[O-])NCCCOc1ccccc1. The molecule has 112 valence electrons. The van der Waals surface area contributed by atoms with Crippen LogP contribution in [0.3, 0.4) is 0 Å². The van der Waals surface area contributed by atoms with Crippen molar-refractivity contribution in [1.29, 1.82) is 0 Å². The fourth-order valence-electron chi connectivity index (χ4n) is 1.26. The van der Waals surface area contributed by atoms with Crippen LogP contribution in [0.15, 0.2) is 41.6 Å². The highest BCUT2D eigenvalue weighted by molar-refractivity contribution is 8.02. The summed E-state index contributed by atoms with van der Waals surface area (Å²) in [6.07, 6.45) is 3.55. The molecule has 1 aromatic carbocycles. The number of nitrogens with zero attached hydrogens (tertiary/aromatic N) is 1. The van der Waals surface area contributed by atoms with Gasteiger partial charge in [-0.25, -0.2) is 0 Å². The third-order valence-corrected chi connectivity index (χ3v) is 2.76. The van der Waals surface area contributed by atoms with Gasteiger partial charge in [0.25, 0.3) is 6.20 Å². The zero-order chi connectivity index (χ0) is 15.2. The van der Waals surface area contributed by atoms with Crippen molar-refractivity contribution in [2.24, 2.45) is 5.73 Å². The van der Waals surface area contributed by atoms with Gasteiger partial charge in [-0.15, -0.1) is 11.8 Å². The minimum atomic E-state index is -0.459. The standard InChI is InChI=1S/C12H16N2O3S.CH5N/c1-18-12(10-14(15)16)13-8-5-9-17-11-6-3-2-4-7-11;1-2/h2-4,6-7,10,13H,5,8-9H2,1H3;2H2,1H3/b12-10-;. The third kappa shape index (κ3) is 9.23. The lowest BCUT2D eigenvalue weighted by molar-refractivity contribution is -0.403. The molecule has 0 unspecified atom stereocenters. The number of nitro groups is 1. The molecule has 0 aliphatic heterocycles. The van der Waals surface area contributed by atoms with Gasteiger partial charge in [0.05, 0.1) is 11.5 Å². The Morgan fingerprint density at radius 1 is 1.45 bits per heavy atom. The van der Waals surface area contributed by atoms with E-state index in [4.69, 9.17) is 4.74 Å². The lowest BCUT2D eigenvalue weighted by atomic mass is 10.3. The minimum Gasteiger partial charge on any atom is -0.494 e. The Labute approximate surface area is 123 Å². The van der Waals surface area contributed by atoms with Gasteiger partial charge in [0.15, 0.2) is 0 Å². The molecule has 0 aliphatic rings. The summed E-state index contributed by atoms with van der Waals surface area (Å²) in [6.45, 7) is 1.23. The predicted molar refractivity (Wildman–Crippen MR) is 83.3 cm³/mol. The molecule has 1 rings (SSSR count). The number of nitrogens with two attached hydrogens (primary N) is 1. The van der Waals surface area contributed by atoms with E-state index in [9.17, 15) is 10.1 Å². The average Bonchev–Trinajstić information content (AvgIpc) is 2.48. The Kier molecular flexibility index (Phi) is 11.2. The highest BCUT2D eigenvalue weighted by Gasteiger charge is 2.00. The summed E-state index contributed by atoms with van der Waals surface area (Å²) in [5.74, 6) is 0.837. The molecule has 0 aromatic heterocycles. The second-order valence-electron chi connectivity index (χ2n) is 3.42. The predicted octanol–water partition coefficient (Wildman–Crippen LogP) is 2.06. The quantitative estimate of drug-likeness (QED) is 0.434. The van der Waals surface area contributed by atoms with Crippen molar-refractivity contribution in [1.82, 2.24) is 5.32 Å². The van der Waals surface area contributed by atoms with E-state index >= 15 is 0 Å². The van der Waals surface area contributed by atoms with Crippen LogP contribution in [0, 0.1) is 10.1 Å². The molecule has 6 nitrogen and oxygen atoms in total. The van der Waals surface area contributed by atoms with Gasteiger partial charge >= 0.3 is 0 Å². The zero-order valence-corrected chi connectivity index (χ0v) is 12.6. The summed E-state index contributed by atoms with van der Waals surface area (Å²) in [4.78, 5) is 9.83. The van der Waals surface area contributed by atoms with E-state index in [1.807, 2.05) is 30.3 Å². The number of para-hydroxylation sites is 1. The number of hydrogen-bond donors (Lipinski definition) is 2. The minimum absolute atomic E-state index is 0.459. The Hall–Kier alpha value is -1.73. The number of benzene rings is 1. The van der Waals surface area contributed by atoms with Crippen LogP contribution in [-0.2, 0) is 0 Å². The lowest BCUT2D eigenvalue weighted by Gasteiger charge is -2.07. The van der Waals surface area contributed by atoms with Crippen LogP contribution >= 0.6 is 11.8 Å². The second kappa shape index (κ2) is 12.3. The van der Waals surface area contributed by atoms with Gasteiger partial charge in [-0.2, -0.15) is 0 Å². The van der Waals surface area contributed by atoms with E-state index in [0.717, 1.165) is 18.4 Å². The highest BCUT2D eigenvalue weighted by atomic mass is 32.2. The zero-order valence-electron chi connectivity index (χ0n) is 11.7. The van der Waals surface area contributed by atoms with Crippen molar-refractivity contribution in [2.75, 3.05) is 26.5 Å².